The maximum atomic E-state index is 12.5. The van der Waals surface area contributed by atoms with E-state index in [1.54, 1.807) is 22.7 Å². The van der Waals surface area contributed by atoms with Crippen LogP contribution in [0.3, 0.4) is 0 Å². The fraction of sp³-hybridized carbons (Fsp3) is 0.615. The van der Waals surface area contributed by atoms with Gasteiger partial charge in [-0.2, -0.15) is 5.10 Å². The summed E-state index contributed by atoms with van der Waals surface area (Å²) in [6.07, 6.45) is 0.785. The van der Waals surface area contributed by atoms with Gasteiger partial charge in [0.2, 0.25) is 0 Å². The van der Waals surface area contributed by atoms with Crippen LogP contribution in [0.15, 0.2) is 11.2 Å². The highest BCUT2D eigenvalue weighted by molar-refractivity contribution is 5.93. The molecular weight excluding hydrogens is 258 g/mol. The Morgan fingerprint density at radius 1 is 1.60 bits per heavy atom. The van der Waals surface area contributed by atoms with Gasteiger partial charge in [0, 0.05) is 26.1 Å². The van der Waals surface area contributed by atoms with Gasteiger partial charge in [0.25, 0.3) is 5.91 Å². The second kappa shape index (κ2) is 6.93. The van der Waals surface area contributed by atoms with Crippen LogP contribution in [-0.2, 0) is 13.5 Å². The molecule has 112 valence electrons. The molecule has 3 N–H and O–H groups in total. The van der Waals surface area contributed by atoms with Crippen LogP contribution in [0.5, 0.6) is 0 Å². The van der Waals surface area contributed by atoms with Crippen LogP contribution < -0.4 is 5.73 Å². The second-order valence-corrected chi connectivity index (χ2v) is 4.77. The molecule has 0 spiro atoms. The predicted molar refractivity (Wildman–Crippen MR) is 76.7 cm³/mol. The number of hydrogen-bond acceptors (Lipinski definition) is 4. The molecule has 1 heterocycles. The summed E-state index contributed by atoms with van der Waals surface area (Å²) in [7, 11) is 1.76. The lowest BCUT2D eigenvalue weighted by atomic mass is 10.1. The number of amidine groups is 1. The van der Waals surface area contributed by atoms with Crippen molar-refractivity contribution in [3.63, 3.8) is 0 Å². The summed E-state index contributed by atoms with van der Waals surface area (Å²) in [5.41, 5.74) is 7.00. The van der Waals surface area contributed by atoms with Gasteiger partial charge in [-0.3, -0.25) is 9.48 Å². The monoisotopic (exact) mass is 281 g/mol. The van der Waals surface area contributed by atoms with Crippen LogP contribution in [0.4, 0.5) is 0 Å². The number of carbonyl (C=O) groups excluding carboxylic acids is 1. The molecule has 1 rings (SSSR count). The lowest BCUT2D eigenvalue weighted by molar-refractivity contribution is 0.0742. The molecule has 0 aliphatic rings. The van der Waals surface area contributed by atoms with Gasteiger partial charge in [0.15, 0.2) is 0 Å². The summed E-state index contributed by atoms with van der Waals surface area (Å²) in [5, 5.41) is 15.9. The van der Waals surface area contributed by atoms with E-state index in [9.17, 15) is 4.79 Å². The van der Waals surface area contributed by atoms with E-state index < -0.39 is 0 Å². The third-order valence-corrected chi connectivity index (χ3v) is 3.30. The number of aryl methyl sites for hydroxylation is 2. The predicted octanol–water partition coefficient (Wildman–Crippen LogP) is 0.827. The van der Waals surface area contributed by atoms with Gasteiger partial charge < -0.3 is 15.8 Å². The van der Waals surface area contributed by atoms with Crippen LogP contribution in [0.25, 0.3) is 0 Å². The molecule has 0 saturated carbocycles. The van der Waals surface area contributed by atoms with Crippen molar-refractivity contribution in [3.8, 4) is 0 Å². The number of nitrogens with zero attached hydrogens (tertiary/aromatic N) is 4. The molecule has 0 aliphatic heterocycles. The minimum absolute atomic E-state index is 0.0974. The maximum absolute atomic E-state index is 12.5. The Bertz CT molecular complexity index is 495. The van der Waals surface area contributed by atoms with Crippen molar-refractivity contribution in [3.05, 3.63) is 17.5 Å². The number of aromatic nitrogens is 2. The zero-order chi connectivity index (χ0) is 15.3. The zero-order valence-electron chi connectivity index (χ0n) is 12.5. The number of amides is 1. The topological polar surface area (TPSA) is 96.7 Å². The molecule has 0 saturated heterocycles. The normalized spacial score (nSPS) is 13.3. The summed E-state index contributed by atoms with van der Waals surface area (Å²) in [5.74, 6) is -0.182. The van der Waals surface area contributed by atoms with Crippen molar-refractivity contribution in [1.82, 2.24) is 14.7 Å². The highest BCUT2D eigenvalue weighted by atomic mass is 16.4. The van der Waals surface area contributed by atoms with Gasteiger partial charge in [-0.15, -0.1) is 0 Å². The standard InChI is InChI=1S/C13H23N5O2/c1-5-10-7-11(17(4)15-10)13(19)18(6-2)8-9(3)12(14)16-20/h7,9,20H,5-6,8H2,1-4H3,(H2,14,16). The fourth-order valence-corrected chi connectivity index (χ4v) is 1.94. The quantitative estimate of drug-likeness (QED) is 0.349. The summed E-state index contributed by atoms with van der Waals surface area (Å²) in [6.45, 7) is 6.65. The first-order valence-electron chi connectivity index (χ1n) is 6.74. The van der Waals surface area contributed by atoms with Gasteiger partial charge >= 0.3 is 0 Å². The second-order valence-electron chi connectivity index (χ2n) is 4.77. The van der Waals surface area contributed by atoms with Crippen LogP contribution in [0, 0.1) is 5.92 Å². The largest absolute Gasteiger partial charge is 0.409 e. The summed E-state index contributed by atoms with van der Waals surface area (Å²) in [6, 6.07) is 1.80. The van der Waals surface area contributed by atoms with Gasteiger partial charge in [0.05, 0.1) is 5.69 Å². The Hall–Kier alpha value is -2.05. The van der Waals surface area contributed by atoms with Gasteiger partial charge in [-0.05, 0) is 19.4 Å². The van der Waals surface area contributed by atoms with Crippen molar-refractivity contribution >= 4 is 11.7 Å². The lowest BCUT2D eigenvalue weighted by Gasteiger charge is -2.23. The SMILES string of the molecule is CCc1cc(C(=O)N(CC)CC(C)C(N)=NO)n(C)n1. The van der Waals surface area contributed by atoms with E-state index >= 15 is 0 Å². The Morgan fingerprint density at radius 3 is 2.70 bits per heavy atom. The zero-order valence-corrected chi connectivity index (χ0v) is 12.5. The van der Waals surface area contributed by atoms with Crippen LogP contribution in [0.1, 0.15) is 37.0 Å². The van der Waals surface area contributed by atoms with Crippen LogP contribution >= 0.6 is 0 Å². The summed E-state index contributed by atoms with van der Waals surface area (Å²) >= 11 is 0. The van der Waals surface area contributed by atoms with E-state index in [0.29, 0.717) is 18.8 Å². The number of oxime groups is 1. The summed E-state index contributed by atoms with van der Waals surface area (Å²) < 4.78 is 1.60. The van der Waals surface area contributed by atoms with E-state index in [-0.39, 0.29) is 17.7 Å². The third kappa shape index (κ3) is 3.49. The third-order valence-electron chi connectivity index (χ3n) is 3.30. The van der Waals surface area contributed by atoms with Crippen molar-refractivity contribution in [2.24, 2.45) is 23.9 Å². The molecule has 1 aromatic rings. The highest BCUT2D eigenvalue weighted by Gasteiger charge is 2.21. The van der Waals surface area contributed by atoms with Crippen molar-refractivity contribution in [1.29, 1.82) is 0 Å². The smallest absolute Gasteiger partial charge is 0.272 e. The average Bonchev–Trinajstić information content (AvgIpc) is 2.83. The molecule has 0 aromatic carbocycles. The molecule has 20 heavy (non-hydrogen) atoms. The van der Waals surface area contributed by atoms with E-state index in [4.69, 9.17) is 10.9 Å². The highest BCUT2D eigenvalue weighted by Crippen LogP contribution is 2.10. The maximum Gasteiger partial charge on any atom is 0.272 e. The molecule has 7 nitrogen and oxygen atoms in total. The van der Waals surface area contributed by atoms with E-state index in [2.05, 4.69) is 10.3 Å². The molecule has 1 aromatic heterocycles. The first kappa shape index (κ1) is 16.0. The van der Waals surface area contributed by atoms with Crippen molar-refractivity contribution in [2.45, 2.75) is 27.2 Å². The summed E-state index contributed by atoms with van der Waals surface area (Å²) in [4.78, 5) is 14.2. The minimum Gasteiger partial charge on any atom is -0.409 e. The van der Waals surface area contributed by atoms with Gasteiger partial charge in [0.1, 0.15) is 11.5 Å². The molecule has 7 heteroatoms. The van der Waals surface area contributed by atoms with E-state index in [1.165, 1.54) is 0 Å². The van der Waals surface area contributed by atoms with E-state index in [0.717, 1.165) is 12.1 Å². The van der Waals surface area contributed by atoms with Crippen LogP contribution in [0.2, 0.25) is 0 Å². The number of carbonyl (C=O) groups is 1. The Balaban J connectivity index is 2.89. The Morgan fingerprint density at radius 2 is 2.25 bits per heavy atom. The van der Waals surface area contributed by atoms with Gasteiger partial charge in [-0.1, -0.05) is 19.0 Å². The molecule has 0 bridgehead atoms. The Kier molecular flexibility index (Phi) is 5.54. The molecule has 0 aliphatic carbocycles. The Labute approximate surface area is 119 Å². The minimum atomic E-state index is -0.206. The van der Waals surface area contributed by atoms with Crippen molar-refractivity contribution < 1.29 is 10.0 Å². The molecule has 1 unspecified atom stereocenters. The van der Waals surface area contributed by atoms with Crippen molar-refractivity contribution in [2.75, 3.05) is 13.1 Å². The number of rotatable bonds is 6. The first-order chi connectivity index (χ1) is 9.44. The van der Waals surface area contributed by atoms with Crippen LogP contribution in [-0.4, -0.2) is 44.7 Å². The molecular formula is C13H23N5O2. The molecule has 1 atom stereocenters. The molecule has 0 radical (unpaired) electrons. The number of hydrogen-bond donors (Lipinski definition) is 2. The molecule has 1 amide bonds. The fourth-order valence-electron chi connectivity index (χ4n) is 1.94. The van der Waals surface area contributed by atoms with E-state index in [1.807, 2.05) is 20.8 Å². The molecule has 0 fully saturated rings. The number of nitrogens with two attached hydrogens (primary N) is 1. The average molecular weight is 281 g/mol. The first-order valence-corrected chi connectivity index (χ1v) is 6.74. The van der Waals surface area contributed by atoms with Gasteiger partial charge in [-0.25, -0.2) is 0 Å². The lowest BCUT2D eigenvalue weighted by Crippen LogP contribution is -2.39.